The Morgan fingerprint density at radius 2 is 1.87 bits per heavy atom. The molecular weight excluding hydrogens is 196 g/mol. The lowest BCUT2D eigenvalue weighted by Gasteiger charge is -2.19. The quantitative estimate of drug-likeness (QED) is 0.611. The molecule has 0 unspecified atom stereocenters. The monoisotopic (exact) mass is 204 g/mol. The Hall–Kier alpha value is -1.97. The van der Waals surface area contributed by atoms with Crippen LogP contribution in [0.15, 0.2) is 33.5 Å². The van der Waals surface area contributed by atoms with Crippen molar-refractivity contribution in [2.45, 2.75) is 0 Å². The van der Waals surface area contributed by atoms with Gasteiger partial charge < -0.3 is 13.9 Å². The molecule has 76 valence electrons. The average Bonchev–Trinajstić information content (AvgIpc) is 2.28. The Morgan fingerprint density at radius 1 is 1.00 bits per heavy atom. The fraction of sp³-hybridized carbons (Fsp3) is 0.182. The van der Waals surface area contributed by atoms with Gasteiger partial charge in [0.05, 0.1) is 5.39 Å². The Balaban J connectivity index is 2.36. The van der Waals surface area contributed by atoms with Gasteiger partial charge in [-0.25, -0.2) is 4.79 Å². The summed E-state index contributed by atoms with van der Waals surface area (Å²) in [5, 5.41) is 0.770. The van der Waals surface area contributed by atoms with Crippen molar-refractivity contribution in [2.24, 2.45) is 0 Å². The van der Waals surface area contributed by atoms with Crippen molar-refractivity contribution in [3.63, 3.8) is 0 Å². The zero-order chi connectivity index (χ0) is 10.3. The molecule has 0 radical (unpaired) electrons. The maximum absolute atomic E-state index is 11.0. The summed E-state index contributed by atoms with van der Waals surface area (Å²) in [7, 11) is 0. The molecule has 15 heavy (non-hydrogen) atoms. The Labute approximate surface area is 85.0 Å². The molecule has 1 aromatic heterocycles. The molecule has 0 fully saturated rings. The van der Waals surface area contributed by atoms with Crippen molar-refractivity contribution >= 4 is 11.0 Å². The lowest BCUT2D eigenvalue weighted by atomic mass is 10.2. The maximum Gasteiger partial charge on any atom is 0.336 e. The van der Waals surface area contributed by atoms with Crippen molar-refractivity contribution in [1.82, 2.24) is 0 Å². The largest absolute Gasteiger partial charge is 0.486 e. The molecule has 2 aromatic rings. The van der Waals surface area contributed by atoms with Crippen molar-refractivity contribution in [3.05, 3.63) is 34.7 Å². The van der Waals surface area contributed by atoms with Crippen molar-refractivity contribution in [3.8, 4) is 11.5 Å². The van der Waals surface area contributed by atoms with Gasteiger partial charge in [-0.05, 0) is 18.2 Å². The topological polar surface area (TPSA) is 48.7 Å². The normalized spacial score (nSPS) is 14.1. The van der Waals surface area contributed by atoms with E-state index < -0.39 is 0 Å². The summed E-state index contributed by atoms with van der Waals surface area (Å²) in [4.78, 5) is 11.0. The Bertz CT molecular complexity index is 570. The number of hydrogen-bond acceptors (Lipinski definition) is 4. The van der Waals surface area contributed by atoms with Gasteiger partial charge in [-0.2, -0.15) is 0 Å². The highest BCUT2D eigenvalue weighted by atomic mass is 16.6. The van der Waals surface area contributed by atoms with Crippen LogP contribution in [0, 0.1) is 0 Å². The van der Waals surface area contributed by atoms with Gasteiger partial charge in [-0.3, -0.25) is 0 Å². The van der Waals surface area contributed by atoms with Crippen molar-refractivity contribution in [2.75, 3.05) is 13.2 Å². The van der Waals surface area contributed by atoms with Crippen LogP contribution in [0.25, 0.3) is 11.0 Å². The molecule has 0 saturated heterocycles. The van der Waals surface area contributed by atoms with Crippen LogP contribution in [-0.4, -0.2) is 13.2 Å². The van der Waals surface area contributed by atoms with E-state index in [4.69, 9.17) is 13.9 Å². The first-order chi connectivity index (χ1) is 7.34. The second-order valence-electron chi connectivity index (χ2n) is 3.26. The molecule has 1 aliphatic rings. The third-order valence-corrected chi connectivity index (χ3v) is 2.30. The first-order valence-electron chi connectivity index (χ1n) is 4.67. The van der Waals surface area contributed by atoms with E-state index in [-0.39, 0.29) is 5.63 Å². The van der Waals surface area contributed by atoms with Gasteiger partial charge in [0.1, 0.15) is 18.8 Å². The molecule has 0 N–H and O–H groups in total. The van der Waals surface area contributed by atoms with Gasteiger partial charge >= 0.3 is 5.63 Å². The van der Waals surface area contributed by atoms with Crippen LogP contribution in [0.2, 0.25) is 0 Å². The molecule has 4 nitrogen and oxygen atoms in total. The van der Waals surface area contributed by atoms with Gasteiger partial charge in [0, 0.05) is 6.07 Å². The minimum absolute atomic E-state index is 0.362. The summed E-state index contributed by atoms with van der Waals surface area (Å²) in [5.74, 6) is 1.35. The number of hydrogen-bond donors (Lipinski definition) is 0. The third-order valence-electron chi connectivity index (χ3n) is 2.30. The smallest absolute Gasteiger partial charge is 0.336 e. The lowest BCUT2D eigenvalue weighted by Crippen LogP contribution is -2.15. The van der Waals surface area contributed by atoms with E-state index in [1.165, 1.54) is 6.07 Å². The van der Waals surface area contributed by atoms with E-state index in [2.05, 4.69) is 0 Å². The highest BCUT2D eigenvalue weighted by Gasteiger charge is 2.15. The van der Waals surface area contributed by atoms with Gasteiger partial charge in [0.25, 0.3) is 0 Å². The van der Waals surface area contributed by atoms with Crippen LogP contribution in [0.5, 0.6) is 11.5 Å². The SMILES string of the molecule is O=c1ccc2c3c(ccc2o1)OCCO3. The minimum Gasteiger partial charge on any atom is -0.486 e. The molecule has 0 bridgehead atoms. The highest BCUT2D eigenvalue weighted by Crippen LogP contribution is 2.36. The van der Waals surface area contributed by atoms with E-state index in [0.717, 1.165) is 5.39 Å². The summed E-state index contributed by atoms with van der Waals surface area (Å²) in [6.07, 6.45) is 0. The zero-order valence-corrected chi connectivity index (χ0v) is 7.86. The molecular formula is C11H8O4. The average molecular weight is 204 g/mol. The predicted octanol–water partition coefficient (Wildman–Crippen LogP) is 1.56. The standard InChI is InChI=1S/C11H8O4/c12-10-4-1-7-8(15-10)2-3-9-11(7)14-6-5-13-9/h1-4H,5-6H2. The fourth-order valence-electron chi connectivity index (χ4n) is 1.66. The number of rotatable bonds is 0. The van der Waals surface area contributed by atoms with E-state index in [0.29, 0.717) is 30.3 Å². The van der Waals surface area contributed by atoms with Crippen LogP contribution < -0.4 is 15.1 Å². The zero-order valence-electron chi connectivity index (χ0n) is 7.86. The summed E-state index contributed by atoms with van der Waals surface area (Å²) in [6, 6.07) is 6.53. The van der Waals surface area contributed by atoms with E-state index in [1.807, 2.05) is 0 Å². The number of ether oxygens (including phenoxy) is 2. The molecule has 1 aliphatic heterocycles. The third kappa shape index (κ3) is 1.26. The lowest BCUT2D eigenvalue weighted by molar-refractivity contribution is 0.174. The fourth-order valence-corrected chi connectivity index (χ4v) is 1.66. The minimum atomic E-state index is -0.362. The van der Waals surface area contributed by atoms with Gasteiger partial charge in [-0.1, -0.05) is 0 Å². The molecule has 0 aliphatic carbocycles. The molecule has 4 heteroatoms. The second kappa shape index (κ2) is 3.02. The molecule has 1 aromatic carbocycles. The van der Waals surface area contributed by atoms with Gasteiger partial charge in [-0.15, -0.1) is 0 Å². The summed E-state index contributed by atoms with van der Waals surface area (Å²) < 4.78 is 15.9. The molecule has 0 saturated carbocycles. The predicted molar refractivity (Wildman–Crippen MR) is 53.5 cm³/mol. The van der Waals surface area contributed by atoms with Crippen molar-refractivity contribution < 1.29 is 13.9 Å². The molecule has 0 atom stereocenters. The molecule has 0 amide bonds. The van der Waals surface area contributed by atoms with Crippen LogP contribution in [0.4, 0.5) is 0 Å². The number of benzene rings is 1. The molecule has 0 spiro atoms. The first kappa shape index (κ1) is 8.35. The molecule has 2 heterocycles. The molecule has 3 rings (SSSR count). The van der Waals surface area contributed by atoms with Crippen LogP contribution >= 0.6 is 0 Å². The second-order valence-corrected chi connectivity index (χ2v) is 3.26. The van der Waals surface area contributed by atoms with Crippen LogP contribution in [-0.2, 0) is 0 Å². The van der Waals surface area contributed by atoms with E-state index in [1.54, 1.807) is 18.2 Å². The Morgan fingerprint density at radius 3 is 2.80 bits per heavy atom. The van der Waals surface area contributed by atoms with Gasteiger partial charge in [0.2, 0.25) is 0 Å². The van der Waals surface area contributed by atoms with Crippen molar-refractivity contribution in [1.29, 1.82) is 0 Å². The number of fused-ring (bicyclic) bond motifs is 3. The van der Waals surface area contributed by atoms with Crippen LogP contribution in [0.1, 0.15) is 0 Å². The highest BCUT2D eigenvalue weighted by molar-refractivity contribution is 5.86. The summed E-state index contributed by atoms with van der Waals surface area (Å²) >= 11 is 0. The first-order valence-corrected chi connectivity index (χ1v) is 4.67. The van der Waals surface area contributed by atoms with E-state index >= 15 is 0 Å². The summed E-state index contributed by atoms with van der Waals surface area (Å²) in [5.41, 5.74) is 0.158. The Kier molecular flexibility index (Phi) is 1.68. The van der Waals surface area contributed by atoms with E-state index in [9.17, 15) is 4.79 Å². The maximum atomic E-state index is 11.0. The van der Waals surface area contributed by atoms with Crippen LogP contribution in [0.3, 0.4) is 0 Å². The van der Waals surface area contributed by atoms with Gasteiger partial charge in [0.15, 0.2) is 11.5 Å². The summed E-state index contributed by atoms with van der Waals surface area (Å²) in [6.45, 7) is 1.07.